The number of pyridine rings is 1. The molecule has 22 heavy (non-hydrogen) atoms. The van der Waals surface area contributed by atoms with Gasteiger partial charge in [-0.15, -0.1) is 0 Å². The molecule has 0 bridgehead atoms. The molecule has 0 aliphatic heterocycles. The summed E-state index contributed by atoms with van der Waals surface area (Å²) in [4.78, 5) is 12.4. The first-order valence-corrected chi connectivity index (χ1v) is 6.78. The summed E-state index contributed by atoms with van der Waals surface area (Å²) in [5, 5.41) is 18.0. The molecule has 0 spiro atoms. The van der Waals surface area contributed by atoms with Crippen LogP contribution in [-0.4, -0.2) is 11.7 Å². The van der Waals surface area contributed by atoms with Crippen LogP contribution in [0, 0.1) is 28.6 Å². The highest BCUT2D eigenvalue weighted by Gasteiger charge is 2.13. The van der Waals surface area contributed by atoms with Crippen molar-refractivity contribution in [3.05, 3.63) is 52.3 Å². The molecule has 0 saturated carbocycles. The Morgan fingerprint density at radius 1 is 1.18 bits per heavy atom. The third-order valence-corrected chi connectivity index (χ3v) is 3.36. The number of hydrogen-bond donors (Lipinski definition) is 0. The maximum absolute atomic E-state index is 12.4. The van der Waals surface area contributed by atoms with E-state index in [1.165, 1.54) is 10.6 Å². The van der Waals surface area contributed by atoms with Gasteiger partial charge in [0.15, 0.2) is 0 Å². The van der Waals surface area contributed by atoms with Crippen molar-refractivity contribution in [1.29, 1.82) is 10.5 Å². The van der Waals surface area contributed by atoms with Crippen LogP contribution in [0.4, 0.5) is 0 Å². The number of hydrogen-bond acceptors (Lipinski definition) is 4. The van der Waals surface area contributed by atoms with Crippen molar-refractivity contribution in [1.82, 2.24) is 4.57 Å². The van der Waals surface area contributed by atoms with Gasteiger partial charge < -0.3 is 9.30 Å². The number of nitriles is 2. The lowest BCUT2D eigenvalue weighted by atomic mass is 10.1. The van der Waals surface area contributed by atoms with Crippen LogP contribution in [0.1, 0.15) is 12.5 Å². The maximum Gasteiger partial charge on any atom is 0.268 e. The zero-order valence-electron chi connectivity index (χ0n) is 12.4. The molecule has 0 aliphatic carbocycles. The molecule has 110 valence electrons. The zero-order chi connectivity index (χ0) is 16.1. The van der Waals surface area contributed by atoms with Crippen LogP contribution in [0.15, 0.2) is 41.2 Å². The Kier molecular flexibility index (Phi) is 4.60. The van der Waals surface area contributed by atoms with Gasteiger partial charge in [-0.1, -0.05) is 0 Å². The molecule has 1 atom stereocenters. The van der Waals surface area contributed by atoms with Crippen LogP contribution in [0.3, 0.4) is 0 Å². The Morgan fingerprint density at radius 2 is 1.86 bits per heavy atom. The Morgan fingerprint density at radius 3 is 2.41 bits per heavy atom. The molecule has 5 heteroatoms. The number of rotatable bonds is 4. The Labute approximate surface area is 128 Å². The molecule has 0 aliphatic rings. The van der Waals surface area contributed by atoms with Crippen molar-refractivity contribution in [2.45, 2.75) is 13.5 Å². The highest BCUT2D eigenvalue weighted by molar-refractivity contribution is 5.61. The van der Waals surface area contributed by atoms with Crippen molar-refractivity contribution in [3.8, 4) is 29.1 Å². The molecule has 0 fully saturated rings. The first kappa shape index (κ1) is 15.3. The second-order valence-electron chi connectivity index (χ2n) is 4.92. The minimum absolute atomic E-state index is 0.0717. The van der Waals surface area contributed by atoms with Gasteiger partial charge in [-0.25, -0.2) is 0 Å². The van der Waals surface area contributed by atoms with Gasteiger partial charge in [-0.2, -0.15) is 10.5 Å². The number of aromatic nitrogens is 1. The van der Waals surface area contributed by atoms with Crippen LogP contribution < -0.4 is 10.3 Å². The molecule has 1 aromatic heterocycles. The lowest BCUT2D eigenvalue weighted by molar-refractivity contribution is 0.415. The summed E-state index contributed by atoms with van der Waals surface area (Å²) in [6.07, 6.45) is 0. The standard InChI is InChI=1S/C17H15N3O2/c1-12(9-18)11-20-16(8-5-14(10-19)17(20)21)13-3-6-15(22-2)7-4-13/h3-8,12H,11H2,1-2H3. The van der Waals surface area contributed by atoms with Gasteiger partial charge in [0.2, 0.25) is 0 Å². The van der Waals surface area contributed by atoms with Gasteiger partial charge in [0.05, 0.1) is 24.8 Å². The Hall–Kier alpha value is -3.05. The normalized spacial score (nSPS) is 11.3. The van der Waals surface area contributed by atoms with Gasteiger partial charge in [0.1, 0.15) is 17.4 Å². The van der Waals surface area contributed by atoms with Gasteiger partial charge in [0.25, 0.3) is 5.56 Å². The second kappa shape index (κ2) is 6.60. The number of ether oxygens (including phenoxy) is 1. The van der Waals surface area contributed by atoms with Crippen LogP contribution in [0.25, 0.3) is 11.3 Å². The van der Waals surface area contributed by atoms with Gasteiger partial charge in [-0.05, 0) is 48.9 Å². The monoisotopic (exact) mass is 293 g/mol. The molecule has 1 heterocycles. The predicted molar refractivity (Wildman–Crippen MR) is 82.2 cm³/mol. The lowest BCUT2D eigenvalue weighted by Gasteiger charge is -2.14. The number of benzene rings is 1. The van der Waals surface area contributed by atoms with Crippen molar-refractivity contribution >= 4 is 0 Å². The van der Waals surface area contributed by atoms with E-state index in [1.54, 1.807) is 32.2 Å². The van der Waals surface area contributed by atoms with E-state index in [4.69, 9.17) is 15.3 Å². The molecule has 0 radical (unpaired) electrons. The van der Waals surface area contributed by atoms with Gasteiger partial charge in [-0.3, -0.25) is 4.79 Å². The smallest absolute Gasteiger partial charge is 0.268 e. The van der Waals surface area contributed by atoms with Crippen LogP contribution in [0.5, 0.6) is 5.75 Å². The topological polar surface area (TPSA) is 78.8 Å². The molecular formula is C17H15N3O2. The first-order chi connectivity index (χ1) is 10.6. The van der Waals surface area contributed by atoms with E-state index in [2.05, 4.69) is 6.07 Å². The summed E-state index contributed by atoms with van der Waals surface area (Å²) in [6.45, 7) is 1.98. The fourth-order valence-electron chi connectivity index (χ4n) is 2.17. The quantitative estimate of drug-likeness (QED) is 0.867. The summed E-state index contributed by atoms with van der Waals surface area (Å²) in [6, 6.07) is 14.5. The van der Waals surface area contributed by atoms with Gasteiger partial charge >= 0.3 is 0 Å². The third kappa shape index (κ3) is 2.99. The van der Waals surface area contributed by atoms with Crippen LogP contribution in [-0.2, 0) is 6.54 Å². The van der Waals surface area contributed by atoms with Crippen LogP contribution >= 0.6 is 0 Å². The molecule has 0 N–H and O–H groups in total. The predicted octanol–water partition coefficient (Wildman–Crippen LogP) is 2.56. The third-order valence-electron chi connectivity index (χ3n) is 3.36. The fraction of sp³-hybridized carbons (Fsp3) is 0.235. The molecule has 0 amide bonds. The van der Waals surface area contributed by atoms with Gasteiger partial charge in [0, 0.05) is 6.54 Å². The van der Waals surface area contributed by atoms with Crippen molar-refractivity contribution < 1.29 is 4.74 Å². The van der Waals surface area contributed by atoms with Crippen LogP contribution in [0.2, 0.25) is 0 Å². The Bertz CT molecular complexity index is 808. The summed E-state index contributed by atoms with van der Waals surface area (Å²) in [7, 11) is 1.58. The summed E-state index contributed by atoms with van der Waals surface area (Å²) < 4.78 is 6.60. The Balaban J connectivity index is 2.59. The lowest BCUT2D eigenvalue weighted by Crippen LogP contribution is -2.26. The van der Waals surface area contributed by atoms with E-state index in [0.717, 1.165) is 11.3 Å². The molecule has 2 rings (SSSR count). The first-order valence-electron chi connectivity index (χ1n) is 6.78. The minimum Gasteiger partial charge on any atom is -0.497 e. The average Bonchev–Trinajstić information content (AvgIpc) is 2.56. The summed E-state index contributed by atoms with van der Waals surface area (Å²) >= 11 is 0. The van der Waals surface area contributed by atoms with E-state index >= 15 is 0 Å². The average molecular weight is 293 g/mol. The molecule has 0 saturated heterocycles. The van der Waals surface area contributed by atoms with E-state index in [1.807, 2.05) is 18.2 Å². The molecule has 5 nitrogen and oxygen atoms in total. The summed E-state index contributed by atoms with van der Waals surface area (Å²) in [5.74, 6) is 0.389. The second-order valence-corrected chi connectivity index (χ2v) is 4.92. The molecular weight excluding hydrogens is 278 g/mol. The maximum atomic E-state index is 12.4. The number of nitrogens with zero attached hydrogens (tertiary/aromatic N) is 3. The minimum atomic E-state index is -0.377. The van der Waals surface area contributed by atoms with E-state index in [9.17, 15) is 4.79 Å². The molecule has 1 aromatic carbocycles. The summed E-state index contributed by atoms with van der Waals surface area (Å²) in [5.41, 5.74) is 1.20. The molecule has 1 unspecified atom stereocenters. The fourth-order valence-corrected chi connectivity index (χ4v) is 2.17. The number of methoxy groups -OCH3 is 1. The highest BCUT2D eigenvalue weighted by atomic mass is 16.5. The van der Waals surface area contributed by atoms with E-state index in [0.29, 0.717) is 5.69 Å². The molecule has 2 aromatic rings. The van der Waals surface area contributed by atoms with Crippen molar-refractivity contribution in [2.24, 2.45) is 5.92 Å². The van der Waals surface area contributed by atoms with E-state index < -0.39 is 0 Å². The van der Waals surface area contributed by atoms with Crippen molar-refractivity contribution in [2.75, 3.05) is 7.11 Å². The largest absolute Gasteiger partial charge is 0.497 e. The van der Waals surface area contributed by atoms with E-state index in [-0.39, 0.29) is 23.6 Å². The SMILES string of the molecule is COc1ccc(-c2ccc(C#N)c(=O)n2CC(C)C#N)cc1. The van der Waals surface area contributed by atoms with Crippen molar-refractivity contribution in [3.63, 3.8) is 0 Å². The highest BCUT2D eigenvalue weighted by Crippen LogP contribution is 2.22. The zero-order valence-corrected chi connectivity index (χ0v) is 12.4.